The van der Waals surface area contributed by atoms with Crippen molar-refractivity contribution in [2.45, 2.75) is 46.4 Å². The van der Waals surface area contributed by atoms with Crippen LogP contribution < -0.4 is 5.56 Å². The summed E-state index contributed by atoms with van der Waals surface area (Å²) < 4.78 is 11.8. The van der Waals surface area contributed by atoms with E-state index in [4.69, 9.17) is 9.47 Å². The monoisotopic (exact) mass is 414 g/mol. The Morgan fingerprint density at radius 1 is 1.17 bits per heavy atom. The lowest BCUT2D eigenvalue weighted by Crippen LogP contribution is -2.29. The number of nitrogens with zero attached hydrogens (tertiary/aromatic N) is 2. The van der Waals surface area contributed by atoms with Gasteiger partial charge >= 0.3 is 11.9 Å². The van der Waals surface area contributed by atoms with Crippen LogP contribution in [0.1, 0.15) is 47.6 Å². The van der Waals surface area contributed by atoms with Gasteiger partial charge in [0.15, 0.2) is 0 Å². The zero-order valence-corrected chi connectivity index (χ0v) is 17.5. The molecule has 0 spiro atoms. The van der Waals surface area contributed by atoms with E-state index in [2.05, 4.69) is 4.98 Å². The van der Waals surface area contributed by atoms with Crippen LogP contribution in [0.25, 0.3) is 10.2 Å². The Bertz CT molecular complexity index is 1100. The Labute approximate surface area is 171 Å². The highest BCUT2D eigenvalue weighted by Gasteiger charge is 2.24. The molecular formula is C21H22N2O5S. The number of ether oxygens (including phenoxy) is 2. The van der Waals surface area contributed by atoms with Gasteiger partial charge in [0.2, 0.25) is 0 Å². The van der Waals surface area contributed by atoms with Crippen molar-refractivity contribution in [3.05, 3.63) is 63.0 Å². The van der Waals surface area contributed by atoms with Crippen LogP contribution in [-0.2, 0) is 20.9 Å². The van der Waals surface area contributed by atoms with Gasteiger partial charge in [0.1, 0.15) is 22.4 Å². The number of benzene rings is 1. The number of carbonyl (C=O) groups excluding carboxylic acids is 2. The lowest BCUT2D eigenvalue weighted by molar-refractivity contribution is -0.148. The van der Waals surface area contributed by atoms with Gasteiger partial charge in [-0.15, -0.1) is 11.3 Å². The molecule has 1 atom stereocenters. The van der Waals surface area contributed by atoms with E-state index in [0.717, 1.165) is 16.9 Å². The maximum absolute atomic E-state index is 13.0. The fourth-order valence-corrected chi connectivity index (χ4v) is 3.86. The van der Waals surface area contributed by atoms with Gasteiger partial charge in [-0.05, 0) is 38.8 Å². The third kappa shape index (κ3) is 4.37. The average molecular weight is 414 g/mol. The SMILES string of the molecule is Cc1c(C(=O)OC(C)C)sc2ncn([C@H](C)C(=O)OCc3ccccc3)c(=O)c12. The van der Waals surface area contributed by atoms with Crippen molar-refractivity contribution in [1.82, 2.24) is 9.55 Å². The molecule has 0 bridgehead atoms. The number of hydrogen-bond acceptors (Lipinski definition) is 7. The molecule has 2 heterocycles. The molecule has 2 aromatic heterocycles. The lowest BCUT2D eigenvalue weighted by atomic mass is 10.2. The fourth-order valence-electron chi connectivity index (χ4n) is 2.84. The molecule has 0 N–H and O–H groups in total. The summed E-state index contributed by atoms with van der Waals surface area (Å²) in [4.78, 5) is 42.8. The van der Waals surface area contributed by atoms with E-state index in [0.29, 0.717) is 20.7 Å². The molecule has 0 saturated heterocycles. The van der Waals surface area contributed by atoms with Crippen LogP contribution in [0.15, 0.2) is 41.5 Å². The average Bonchev–Trinajstić information content (AvgIpc) is 3.03. The van der Waals surface area contributed by atoms with Crippen LogP contribution in [0.2, 0.25) is 0 Å². The van der Waals surface area contributed by atoms with Gasteiger partial charge in [-0.1, -0.05) is 30.3 Å². The van der Waals surface area contributed by atoms with Crippen molar-refractivity contribution in [2.75, 3.05) is 0 Å². The normalized spacial score (nSPS) is 12.2. The molecule has 0 aliphatic carbocycles. The molecule has 7 nitrogen and oxygen atoms in total. The Hall–Kier alpha value is -3.00. The molecule has 0 saturated carbocycles. The van der Waals surface area contributed by atoms with Crippen LogP contribution in [0.4, 0.5) is 0 Å². The number of fused-ring (bicyclic) bond motifs is 1. The third-order valence-corrected chi connectivity index (χ3v) is 5.57. The largest absolute Gasteiger partial charge is 0.459 e. The number of carbonyl (C=O) groups is 2. The Morgan fingerprint density at radius 2 is 1.86 bits per heavy atom. The summed E-state index contributed by atoms with van der Waals surface area (Å²) in [5, 5.41) is 0.316. The minimum atomic E-state index is -0.853. The molecule has 3 aromatic rings. The van der Waals surface area contributed by atoms with E-state index in [-0.39, 0.29) is 12.7 Å². The minimum Gasteiger partial charge on any atom is -0.459 e. The summed E-state index contributed by atoms with van der Waals surface area (Å²) in [7, 11) is 0. The molecule has 0 radical (unpaired) electrons. The van der Waals surface area contributed by atoms with Crippen molar-refractivity contribution in [2.24, 2.45) is 0 Å². The van der Waals surface area contributed by atoms with Crippen LogP contribution in [0.3, 0.4) is 0 Å². The quantitative estimate of drug-likeness (QED) is 0.573. The standard InChI is InChI=1S/C21H22N2O5S/c1-12(2)28-21(26)17-13(3)16-18(29-17)22-11-23(19(16)24)14(4)20(25)27-10-15-8-6-5-7-9-15/h5-9,11-12,14H,10H2,1-4H3/t14-/m1/s1. The van der Waals surface area contributed by atoms with Crippen molar-refractivity contribution in [1.29, 1.82) is 0 Å². The zero-order chi connectivity index (χ0) is 21.1. The molecule has 3 rings (SSSR count). The Balaban J connectivity index is 1.87. The van der Waals surface area contributed by atoms with Crippen LogP contribution in [0.5, 0.6) is 0 Å². The fraction of sp³-hybridized carbons (Fsp3) is 0.333. The molecule has 0 aliphatic rings. The van der Waals surface area contributed by atoms with E-state index >= 15 is 0 Å². The number of aryl methyl sites for hydroxylation is 1. The molecular weight excluding hydrogens is 392 g/mol. The van der Waals surface area contributed by atoms with Gasteiger partial charge in [0.05, 0.1) is 17.8 Å². The molecule has 0 aliphatic heterocycles. The zero-order valence-electron chi connectivity index (χ0n) is 16.7. The lowest BCUT2D eigenvalue weighted by Gasteiger charge is -2.14. The Kier molecular flexibility index (Phi) is 6.12. The third-order valence-electron chi connectivity index (χ3n) is 4.39. The van der Waals surface area contributed by atoms with Crippen molar-refractivity contribution < 1.29 is 19.1 Å². The first-order valence-electron chi connectivity index (χ1n) is 9.21. The van der Waals surface area contributed by atoms with Crippen molar-refractivity contribution in [3.63, 3.8) is 0 Å². The first-order valence-corrected chi connectivity index (χ1v) is 10.0. The smallest absolute Gasteiger partial charge is 0.348 e. The topological polar surface area (TPSA) is 87.5 Å². The second-order valence-electron chi connectivity index (χ2n) is 6.92. The van der Waals surface area contributed by atoms with Gasteiger partial charge in [-0.3, -0.25) is 9.36 Å². The summed E-state index contributed by atoms with van der Waals surface area (Å²) >= 11 is 1.11. The highest BCUT2D eigenvalue weighted by atomic mass is 32.1. The van der Waals surface area contributed by atoms with Gasteiger partial charge < -0.3 is 9.47 Å². The first kappa shape index (κ1) is 20.7. The van der Waals surface area contributed by atoms with Gasteiger partial charge in [0, 0.05) is 0 Å². The van der Waals surface area contributed by atoms with Gasteiger partial charge in [-0.25, -0.2) is 14.6 Å². The Morgan fingerprint density at radius 3 is 2.52 bits per heavy atom. The summed E-state index contributed by atoms with van der Waals surface area (Å²) in [6.07, 6.45) is 1.04. The number of hydrogen-bond donors (Lipinski definition) is 0. The predicted molar refractivity (Wildman–Crippen MR) is 110 cm³/mol. The van der Waals surface area contributed by atoms with Gasteiger partial charge in [0.25, 0.3) is 5.56 Å². The molecule has 0 amide bonds. The number of rotatable bonds is 6. The van der Waals surface area contributed by atoms with E-state index in [9.17, 15) is 14.4 Å². The van der Waals surface area contributed by atoms with E-state index in [1.807, 2.05) is 30.3 Å². The summed E-state index contributed by atoms with van der Waals surface area (Å²) in [5.74, 6) is -1.02. The first-order chi connectivity index (χ1) is 13.8. The summed E-state index contributed by atoms with van der Waals surface area (Å²) in [5.41, 5.74) is 0.972. The van der Waals surface area contributed by atoms with Crippen molar-refractivity contribution >= 4 is 33.5 Å². The second-order valence-corrected chi connectivity index (χ2v) is 7.92. The van der Waals surface area contributed by atoms with Crippen molar-refractivity contribution in [3.8, 4) is 0 Å². The molecule has 0 fully saturated rings. The number of aromatic nitrogens is 2. The highest BCUT2D eigenvalue weighted by Crippen LogP contribution is 2.28. The number of esters is 2. The van der Waals surface area contributed by atoms with E-state index < -0.39 is 23.5 Å². The molecule has 152 valence electrons. The molecule has 29 heavy (non-hydrogen) atoms. The van der Waals surface area contributed by atoms with E-state index in [1.54, 1.807) is 27.7 Å². The van der Waals surface area contributed by atoms with Gasteiger partial charge in [-0.2, -0.15) is 0 Å². The second kappa shape index (κ2) is 8.57. The maximum atomic E-state index is 13.0. The van der Waals surface area contributed by atoms with Crippen LogP contribution in [0, 0.1) is 6.92 Å². The predicted octanol–water partition coefficient (Wildman–Crippen LogP) is 3.64. The maximum Gasteiger partial charge on any atom is 0.348 e. The molecule has 1 aromatic carbocycles. The van der Waals surface area contributed by atoms with Crippen LogP contribution in [-0.4, -0.2) is 27.6 Å². The van der Waals surface area contributed by atoms with Crippen LogP contribution >= 0.6 is 11.3 Å². The number of thiophene rings is 1. The minimum absolute atomic E-state index is 0.122. The highest BCUT2D eigenvalue weighted by molar-refractivity contribution is 7.20. The van der Waals surface area contributed by atoms with E-state index in [1.165, 1.54) is 10.9 Å². The summed E-state index contributed by atoms with van der Waals surface area (Å²) in [6, 6.07) is 8.44. The molecule has 8 heteroatoms. The summed E-state index contributed by atoms with van der Waals surface area (Å²) in [6.45, 7) is 6.90. The molecule has 0 unspecified atom stereocenters.